The number of aromatic hydroxyl groups is 1. The fourth-order valence-corrected chi connectivity index (χ4v) is 3.22. The summed E-state index contributed by atoms with van der Waals surface area (Å²) in [4.78, 5) is 8.98. The van der Waals surface area contributed by atoms with E-state index in [1.54, 1.807) is 23.6 Å². The zero-order valence-electron chi connectivity index (χ0n) is 12.9. The molecule has 118 valence electrons. The van der Waals surface area contributed by atoms with E-state index in [0.29, 0.717) is 24.5 Å². The molecule has 0 unspecified atom stereocenters. The highest BCUT2D eigenvalue weighted by Crippen LogP contribution is 2.28. The summed E-state index contributed by atoms with van der Waals surface area (Å²) in [5.41, 5.74) is 1.71. The number of phenolic OH excluding ortho intramolecular Hbond substituents is 1. The van der Waals surface area contributed by atoms with Gasteiger partial charge in [-0.1, -0.05) is 18.2 Å². The number of phenols is 1. The minimum Gasteiger partial charge on any atom is -0.504 e. The number of nitrogens with zero attached hydrogens (tertiary/aromatic N) is 2. The lowest BCUT2D eigenvalue weighted by Gasteiger charge is -2.06. The Hall–Kier alpha value is -2.40. The standard InChI is InChI=1S/C18H18N2O2S/c1-2-22-15-8-5-6-13(18(15)21)12-19-11-10-17-20-14-7-3-4-9-16(14)23-17/h3-9,12,21H,2,10-11H2,1H3. The molecule has 1 aromatic heterocycles. The van der Waals surface area contributed by atoms with E-state index in [2.05, 4.69) is 16.0 Å². The first-order valence-corrected chi connectivity index (χ1v) is 8.38. The molecule has 0 fully saturated rings. The molecule has 0 aliphatic carbocycles. The fourth-order valence-electron chi connectivity index (χ4n) is 2.27. The minimum absolute atomic E-state index is 0.137. The third-order valence-electron chi connectivity index (χ3n) is 3.35. The van der Waals surface area contributed by atoms with E-state index in [9.17, 15) is 5.11 Å². The van der Waals surface area contributed by atoms with Gasteiger partial charge in [-0.05, 0) is 31.2 Å². The van der Waals surface area contributed by atoms with E-state index >= 15 is 0 Å². The smallest absolute Gasteiger partial charge is 0.166 e. The number of aromatic nitrogens is 1. The Morgan fingerprint density at radius 1 is 1.22 bits per heavy atom. The van der Waals surface area contributed by atoms with Crippen molar-refractivity contribution in [2.75, 3.05) is 13.2 Å². The molecule has 1 heterocycles. The molecular weight excluding hydrogens is 308 g/mol. The number of rotatable bonds is 6. The minimum atomic E-state index is 0.137. The third-order valence-corrected chi connectivity index (χ3v) is 4.45. The summed E-state index contributed by atoms with van der Waals surface area (Å²) in [6.45, 7) is 3.04. The normalized spacial score (nSPS) is 11.3. The lowest BCUT2D eigenvalue weighted by atomic mass is 10.2. The molecule has 2 aromatic carbocycles. The molecule has 0 bridgehead atoms. The van der Waals surface area contributed by atoms with Gasteiger partial charge in [0.1, 0.15) is 0 Å². The maximum Gasteiger partial charge on any atom is 0.166 e. The summed E-state index contributed by atoms with van der Waals surface area (Å²) < 4.78 is 6.57. The second-order valence-electron chi connectivity index (χ2n) is 4.99. The molecule has 5 heteroatoms. The van der Waals surface area contributed by atoms with Gasteiger partial charge in [0.2, 0.25) is 0 Å². The van der Waals surface area contributed by atoms with Crippen LogP contribution in [-0.4, -0.2) is 29.5 Å². The summed E-state index contributed by atoms with van der Waals surface area (Å²) in [6, 6.07) is 13.5. The number of benzene rings is 2. The summed E-state index contributed by atoms with van der Waals surface area (Å²) in [5, 5.41) is 11.2. The lowest BCUT2D eigenvalue weighted by molar-refractivity contribution is 0.318. The number of para-hydroxylation sites is 2. The van der Waals surface area contributed by atoms with Crippen molar-refractivity contribution in [3.8, 4) is 11.5 Å². The largest absolute Gasteiger partial charge is 0.504 e. The first-order chi connectivity index (χ1) is 11.3. The number of thiazole rings is 1. The average Bonchev–Trinajstić information content (AvgIpc) is 2.97. The van der Waals surface area contributed by atoms with Gasteiger partial charge in [-0.25, -0.2) is 4.98 Å². The third kappa shape index (κ3) is 3.68. The van der Waals surface area contributed by atoms with Gasteiger partial charge in [0.15, 0.2) is 11.5 Å². The van der Waals surface area contributed by atoms with Crippen LogP contribution in [0.2, 0.25) is 0 Å². The number of aliphatic imine (C=N–C) groups is 1. The Kier molecular flexibility index (Phi) is 4.88. The van der Waals surface area contributed by atoms with Crippen LogP contribution in [0.25, 0.3) is 10.2 Å². The van der Waals surface area contributed by atoms with Gasteiger partial charge < -0.3 is 9.84 Å². The average molecular weight is 326 g/mol. The molecule has 0 saturated heterocycles. The number of ether oxygens (including phenoxy) is 1. The number of hydrogen-bond acceptors (Lipinski definition) is 5. The maximum atomic E-state index is 10.1. The van der Waals surface area contributed by atoms with Crippen LogP contribution < -0.4 is 4.74 Å². The SMILES string of the molecule is CCOc1cccc(C=NCCc2nc3ccccc3s2)c1O. The Labute approximate surface area is 139 Å². The molecular formula is C18H18N2O2S. The van der Waals surface area contributed by atoms with Gasteiger partial charge in [0.05, 0.1) is 21.8 Å². The highest BCUT2D eigenvalue weighted by molar-refractivity contribution is 7.18. The van der Waals surface area contributed by atoms with E-state index in [4.69, 9.17) is 4.74 Å². The fraction of sp³-hybridized carbons (Fsp3) is 0.222. The topological polar surface area (TPSA) is 54.7 Å². The molecule has 3 rings (SSSR count). The Bertz CT molecular complexity index is 794. The highest BCUT2D eigenvalue weighted by atomic mass is 32.1. The van der Waals surface area contributed by atoms with Crippen molar-refractivity contribution in [3.63, 3.8) is 0 Å². The molecule has 23 heavy (non-hydrogen) atoms. The molecule has 0 aliphatic heterocycles. The van der Waals surface area contributed by atoms with Crippen LogP contribution in [0, 0.1) is 0 Å². The Balaban J connectivity index is 1.64. The van der Waals surface area contributed by atoms with E-state index in [1.165, 1.54) is 4.70 Å². The predicted octanol–water partition coefficient (Wildman–Crippen LogP) is 4.06. The molecule has 1 N–H and O–H groups in total. The summed E-state index contributed by atoms with van der Waals surface area (Å²) >= 11 is 1.70. The van der Waals surface area contributed by atoms with E-state index in [0.717, 1.165) is 16.9 Å². The van der Waals surface area contributed by atoms with Crippen molar-refractivity contribution in [1.29, 1.82) is 0 Å². The van der Waals surface area contributed by atoms with Crippen LogP contribution in [0.5, 0.6) is 11.5 Å². The number of fused-ring (bicyclic) bond motifs is 1. The molecule has 0 saturated carbocycles. The first-order valence-electron chi connectivity index (χ1n) is 7.57. The molecule has 0 amide bonds. The summed E-state index contributed by atoms with van der Waals surface area (Å²) in [7, 11) is 0. The van der Waals surface area contributed by atoms with Gasteiger partial charge in [-0.15, -0.1) is 11.3 Å². The van der Waals surface area contributed by atoms with Gasteiger partial charge in [0, 0.05) is 24.7 Å². The van der Waals surface area contributed by atoms with Gasteiger partial charge in [0.25, 0.3) is 0 Å². The van der Waals surface area contributed by atoms with Crippen molar-refractivity contribution in [2.24, 2.45) is 4.99 Å². The zero-order chi connectivity index (χ0) is 16.1. The van der Waals surface area contributed by atoms with Crippen molar-refractivity contribution in [1.82, 2.24) is 4.98 Å². The second kappa shape index (κ2) is 7.24. The molecule has 3 aromatic rings. The molecule has 0 spiro atoms. The van der Waals surface area contributed by atoms with E-state index in [1.807, 2.05) is 37.3 Å². The van der Waals surface area contributed by atoms with E-state index < -0.39 is 0 Å². The van der Waals surface area contributed by atoms with Gasteiger partial charge >= 0.3 is 0 Å². The van der Waals surface area contributed by atoms with Crippen molar-refractivity contribution >= 4 is 27.8 Å². The van der Waals surface area contributed by atoms with Crippen molar-refractivity contribution in [2.45, 2.75) is 13.3 Å². The van der Waals surface area contributed by atoms with Crippen molar-refractivity contribution in [3.05, 3.63) is 53.0 Å². The Morgan fingerprint density at radius 3 is 2.91 bits per heavy atom. The van der Waals surface area contributed by atoms with Gasteiger partial charge in [-0.3, -0.25) is 4.99 Å². The number of hydrogen-bond donors (Lipinski definition) is 1. The van der Waals surface area contributed by atoms with Crippen molar-refractivity contribution < 1.29 is 9.84 Å². The summed E-state index contributed by atoms with van der Waals surface area (Å²) in [6.07, 6.45) is 2.48. The van der Waals surface area contributed by atoms with Crippen LogP contribution in [-0.2, 0) is 6.42 Å². The zero-order valence-corrected chi connectivity index (χ0v) is 13.7. The predicted molar refractivity (Wildman–Crippen MR) is 95.1 cm³/mol. The maximum absolute atomic E-state index is 10.1. The lowest BCUT2D eigenvalue weighted by Crippen LogP contribution is -1.94. The molecule has 4 nitrogen and oxygen atoms in total. The second-order valence-corrected chi connectivity index (χ2v) is 6.10. The van der Waals surface area contributed by atoms with Crippen LogP contribution >= 0.6 is 11.3 Å². The van der Waals surface area contributed by atoms with E-state index in [-0.39, 0.29) is 5.75 Å². The Morgan fingerprint density at radius 2 is 2.09 bits per heavy atom. The van der Waals surface area contributed by atoms with Crippen LogP contribution in [0.15, 0.2) is 47.5 Å². The first kappa shape index (κ1) is 15.5. The van der Waals surface area contributed by atoms with Crippen LogP contribution in [0.1, 0.15) is 17.5 Å². The molecule has 0 atom stereocenters. The molecule has 0 aliphatic rings. The quantitative estimate of drug-likeness (QED) is 0.695. The highest BCUT2D eigenvalue weighted by Gasteiger charge is 2.06. The molecule has 0 radical (unpaired) electrons. The summed E-state index contributed by atoms with van der Waals surface area (Å²) in [5.74, 6) is 0.626. The van der Waals surface area contributed by atoms with Gasteiger partial charge in [-0.2, -0.15) is 0 Å². The van der Waals surface area contributed by atoms with Crippen LogP contribution in [0.4, 0.5) is 0 Å². The van der Waals surface area contributed by atoms with Crippen LogP contribution in [0.3, 0.4) is 0 Å². The monoisotopic (exact) mass is 326 g/mol.